The Hall–Kier alpha value is -3.36. The van der Waals surface area contributed by atoms with Crippen molar-refractivity contribution >= 4 is 45.4 Å². The first-order valence-electron chi connectivity index (χ1n) is 9.77. The third kappa shape index (κ3) is 4.61. The van der Waals surface area contributed by atoms with E-state index < -0.39 is 0 Å². The van der Waals surface area contributed by atoms with Crippen LogP contribution in [0, 0.1) is 0 Å². The van der Waals surface area contributed by atoms with Crippen LogP contribution in [0.5, 0.6) is 11.5 Å². The molecule has 2 heterocycles. The van der Waals surface area contributed by atoms with Crippen LogP contribution in [0.3, 0.4) is 0 Å². The van der Waals surface area contributed by atoms with Gasteiger partial charge >= 0.3 is 0 Å². The first kappa shape index (κ1) is 21.9. The molecule has 2 aromatic carbocycles. The predicted octanol–water partition coefficient (Wildman–Crippen LogP) is 5.62. The summed E-state index contributed by atoms with van der Waals surface area (Å²) in [6, 6.07) is 15.4. The van der Waals surface area contributed by atoms with Gasteiger partial charge in [-0.3, -0.25) is 9.69 Å². The van der Waals surface area contributed by atoms with E-state index in [0.29, 0.717) is 33.2 Å². The van der Waals surface area contributed by atoms with Crippen molar-refractivity contribution in [3.05, 3.63) is 77.0 Å². The zero-order valence-corrected chi connectivity index (χ0v) is 19.3. The molecule has 1 fully saturated rings. The van der Waals surface area contributed by atoms with Gasteiger partial charge < -0.3 is 9.47 Å². The standard InChI is InChI=1S/C24H21N3O3S2/c1-4-12-27-22(28)21(14-17-13-18(29-2)10-11-20(17)30-3)32-24(27)26-23-25-19(15-31-23)16-8-6-5-7-9-16/h4-11,13-15H,1,12H2,2-3H3/b21-14-,26-24+. The van der Waals surface area contributed by atoms with Gasteiger partial charge in [-0.25, -0.2) is 4.98 Å². The maximum absolute atomic E-state index is 13.1. The highest BCUT2D eigenvalue weighted by molar-refractivity contribution is 8.18. The summed E-state index contributed by atoms with van der Waals surface area (Å²) in [5.74, 6) is 1.19. The quantitative estimate of drug-likeness (QED) is 0.336. The first-order chi connectivity index (χ1) is 15.6. The molecule has 0 spiro atoms. The molecule has 0 aliphatic carbocycles. The second kappa shape index (κ2) is 9.84. The lowest BCUT2D eigenvalue weighted by Gasteiger charge is -2.12. The van der Waals surface area contributed by atoms with Gasteiger partial charge in [-0.2, -0.15) is 4.99 Å². The van der Waals surface area contributed by atoms with Crippen LogP contribution in [0.15, 0.2) is 76.5 Å². The summed E-state index contributed by atoms with van der Waals surface area (Å²) in [6.07, 6.45) is 3.48. The molecule has 0 N–H and O–H groups in total. The number of methoxy groups -OCH3 is 2. The van der Waals surface area contributed by atoms with Gasteiger partial charge in [-0.1, -0.05) is 36.4 Å². The van der Waals surface area contributed by atoms with Gasteiger partial charge in [0.05, 0.1) is 24.8 Å². The highest BCUT2D eigenvalue weighted by atomic mass is 32.2. The summed E-state index contributed by atoms with van der Waals surface area (Å²) in [5.41, 5.74) is 2.64. The van der Waals surface area contributed by atoms with E-state index in [2.05, 4.69) is 16.6 Å². The first-order valence-corrected chi connectivity index (χ1v) is 11.5. The van der Waals surface area contributed by atoms with Crippen molar-refractivity contribution in [3.63, 3.8) is 0 Å². The third-order valence-electron chi connectivity index (χ3n) is 4.68. The topological polar surface area (TPSA) is 64.0 Å². The molecule has 162 valence electrons. The number of aliphatic imine (C=N–C) groups is 1. The molecule has 8 heteroatoms. The minimum absolute atomic E-state index is 0.140. The fraction of sp³-hybridized carbons (Fsp3) is 0.125. The molecule has 6 nitrogen and oxygen atoms in total. The highest BCUT2D eigenvalue weighted by Gasteiger charge is 2.33. The summed E-state index contributed by atoms with van der Waals surface area (Å²) in [7, 11) is 3.19. The number of benzene rings is 2. The number of rotatable bonds is 7. The molecule has 1 aliphatic heterocycles. The maximum Gasteiger partial charge on any atom is 0.267 e. The Balaban J connectivity index is 1.67. The normalized spacial score (nSPS) is 16.1. The smallest absolute Gasteiger partial charge is 0.267 e. The van der Waals surface area contributed by atoms with Gasteiger partial charge in [-0.15, -0.1) is 17.9 Å². The summed E-state index contributed by atoms with van der Waals surface area (Å²) < 4.78 is 10.8. The molecule has 0 bridgehead atoms. The van der Waals surface area contributed by atoms with Crippen LogP contribution in [0.1, 0.15) is 5.56 Å². The monoisotopic (exact) mass is 463 g/mol. The molecule has 32 heavy (non-hydrogen) atoms. The summed E-state index contributed by atoms with van der Waals surface area (Å²) in [5, 5.41) is 3.12. The number of thiazole rings is 1. The highest BCUT2D eigenvalue weighted by Crippen LogP contribution is 2.37. The number of hydrogen-bond donors (Lipinski definition) is 0. The number of aromatic nitrogens is 1. The lowest BCUT2D eigenvalue weighted by Crippen LogP contribution is -2.29. The minimum Gasteiger partial charge on any atom is -0.497 e. The van der Waals surface area contributed by atoms with E-state index in [4.69, 9.17) is 9.47 Å². The Labute approximate surface area is 194 Å². The van der Waals surface area contributed by atoms with Gasteiger partial charge in [0.25, 0.3) is 5.91 Å². The fourth-order valence-electron chi connectivity index (χ4n) is 3.11. The maximum atomic E-state index is 13.1. The number of nitrogens with zero attached hydrogens (tertiary/aromatic N) is 3. The summed E-state index contributed by atoms with van der Waals surface area (Å²) in [4.78, 5) is 24.5. The van der Waals surface area contributed by atoms with Crippen LogP contribution in [0.4, 0.5) is 5.13 Å². The molecule has 1 amide bonds. The molecule has 3 aromatic rings. The minimum atomic E-state index is -0.140. The van der Waals surface area contributed by atoms with Crippen molar-refractivity contribution in [2.24, 2.45) is 4.99 Å². The number of carbonyl (C=O) groups excluding carboxylic acids is 1. The third-order valence-corrected chi connectivity index (χ3v) is 6.42. The zero-order chi connectivity index (χ0) is 22.5. The average Bonchev–Trinajstić information content (AvgIpc) is 3.40. The van der Waals surface area contributed by atoms with Crippen LogP contribution in [-0.2, 0) is 4.79 Å². The van der Waals surface area contributed by atoms with Crippen LogP contribution in [0.25, 0.3) is 17.3 Å². The van der Waals surface area contributed by atoms with Crippen LogP contribution in [0.2, 0.25) is 0 Å². The van der Waals surface area contributed by atoms with Gasteiger partial charge in [0.1, 0.15) is 11.5 Å². The molecule has 4 rings (SSSR count). The number of hydrogen-bond acceptors (Lipinski definition) is 7. The van der Waals surface area contributed by atoms with E-state index in [0.717, 1.165) is 16.8 Å². The Kier molecular flexibility index (Phi) is 6.72. The Bertz CT molecular complexity index is 1200. The van der Waals surface area contributed by atoms with E-state index >= 15 is 0 Å². The summed E-state index contributed by atoms with van der Waals surface area (Å²) in [6.45, 7) is 4.13. The van der Waals surface area contributed by atoms with Crippen molar-refractivity contribution in [2.45, 2.75) is 0 Å². The van der Waals surface area contributed by atoms with Crippen molar-refractivity contribution in [2.75, 3.05) is 20.8 Å². The van der Waals surface area contributed by atoms with E-state index in [9.17, 15) is 4.79 Å². The zero-order valence-electron chi connectivity index (χ0n) is 17.6. The number of ether oxygens (including phenoxy) is 2. The van der Waals surface area contributed by atoms with E-state index in [1.807, 2.05) is 53.9 Å². The van der Waals surface area contributed by atoms with Crippen LogP contribution in [-0.4, -0.2) is 41.7 Å². The Morgan fingerprint density at radius 2 is 1.97 bits per heavy atom. The second-order valence-corrected chi connectivity index (χ2v) is 8.54. The molecule has 0 atom stereocenters. The molecular formula is C24H21N3O3S2. The largest absolute Gasteiger partial charge is 0.497 e. The van der Waals surface area contributed by atoms with E-state index in [-0.39, 0.29) is 5.91 Å². The fourth-order valence-corrected chi connectivity index (χ4v) is 4.85. The predicted molar refractivity (Wildman–Crippen MR) is 132 cm³/mol. The number of thioether (sulfide) groups is 1. The van der Waals surface area contributed by atoms with Crippen molar-refractivity contribution in [3.8, 4) is 22.8 Å². The average molecular weight is 464 g/mol. The lowest BCUT2D eigenvalue weighted by molar-refractivity contribution is -0.121. The lowest BCUT2D eigenvalue weighted by atomic mass is 10.1. The van der Waals surface area contributed by atoms with E-state index in [1.54, 1.807) is 31.3 Å². The molecule has 0 unspecified atom stereocenters. The SMILES string of the molecule is C=CCN1C(=O)/C(=C/c2cc(OC)ccc2OC)S/C1=N/c1nc(-c2ccccc2)cs1. The summed E-state index contributed by atoms with van der Waals surface area (Å²) >= 11 is 2.74. The van der Waals surface area contributed by atoms with Gasteiger partial charge in [0, 0.05) is 23.1 Å². The van der Waals surface area contributed by atoms with Crippen LogP contribution < -0.4 is 9.47 Å². The second-order valence-electron chi connectivity index (χ2n) is 6.70. The van der Waals surface area contributed by atoms with Crippen molar-refractivity contribution < 1.29 is 14.3 Å². The van der Waals surface area contributed by atoms with Gasteiger partial charge in [-0.05, 0) is 36.0 Å². The van der Waals surface area contributed by atoms with E-state index in [1.165, 1.54) is 23.1 Å². The molecule has 0 radical (unpaired) electrons. The molecule has 0 saturated carbocycles. The molecule has 1 aliphatic rings. The van der Waals surface area contributed by atoms with Crippen molar-refractivity contribution in [1.29, 1.82) is 0 Å². The molecule has 1 aromatic heterocycles. The van der Waals surface area contributed by atoms with Gasteiger partial charge in [0.15, 0.2) is 5.17 Å². The number of carbonyl (C=O) groups is 1. The van der Waals surface area contributed by atoms with Crippen LogP contribution >= 0.6 is 23.1 Å². The number of amidine groups is 1. The molecular weight excluding hydrogens is 442 g/mol. The Morgan fingerprint density at radius 1 is 1.16 bits per heavy atom. The number of amides is 1. The molecule has 1 saturated heterocycles. The van der Waals surface area contributed by atoms with Crippen molar-refractivity contribution in [1.82, 2.24) is 9.88 Å². The van der Waals surface area contributed by atoms with Gasteiger partial charge in [0.2, 0.25) is 5.13 Å². The Morgan fingerprint density at radius 3 is 2.69 bits per heavy atom.